The summed E-state index contributed by atoms with van der Waals surface area (Å²) >= 11 is 0. The van der Waals surface area contributed by atoms with Crippen molar-refractivity contribution in [2.45, 2.75) is 59.4 Å². The Labute approximate surface area is 102 Å². The Hall–Kier alpha value is -0.0800. The van der Waals surface area contributed by atoms with Crippen LogP contribution < -0.4 is 5.32 Å². The van der Waals surface area contributed by atoms with Crippen LogP contribution >= 0.6 is 0 Å². The maximum atomic E-state index is 3.71. The molecule has 0 radical (unpaired) electrons. The molecule has 0 bridgehead atoms. The minimum Gasteiger partial charge on any atom is -0.314 e. The number of nitrogens with one attached hydrogen (secondary N) is 1. The van der Waals surface area contributed by atoms with E-state index in [0.717, 1.165) is 6.04 Å². The smallest absolute Gasteiger partial charge is 0.00723 e. The first-order valence-corrected chi connectivity index (χ1v) is 7.03. The van der Waals surface area contributed by atoms with Gasteiger partial charge in [-0.3, -0.25) is 0 Å². The van der Waals surface area contributed by atoms with Gasteiger partial charge < -0.3 is 10.2 Å². The summed E-state index contributed by atoms with van der Waals surface area (Å²) in [6.45, 7) is 14.1. The van der Waals surface area contributed by atoms with Crippen molar-refractivity contribution in [2.24, 2.45) is 5.41 Å². The van der Waals surface area contributed by atoms with Gasteiger partial charge >= 0.3 is 0 Å². The van der Waals surface area contributed by atoms with Crippen molar-refractivity contribution in [3.8, 4) is 0 Å². The number of rotatable bonds is 7. The standard InChI is InChI=1S/C14H30N2/c1-5-16(6-2)11-7-10-15-13-8-9-14(3,4)12-13/h13,15H,5-12H2,1-4H3. The van der Waals surface area contributed by atoms with Crippen LogP contribution in [-0.4, -0.2) is 37.1 Å². The van der Waals surface area contributed by atoms with Crippen molar-refractivity contribution in [1.82, 2.24) is 10.2 Å². The molecular weight excluding hydrogens is 196 g/mol. The van der Waals surface area contributed by atoms with E-state index in [1.807, 2.05) is 0 Å². The summed E-state index contributed by atoms with van der Waals surface area (Å²) in [5, 5.41) is 3.71. The van der Waals surface area contributed by atoms with Gasteiger partial charge in [0.15, 0.2) is 0 Å². The Morgan fingerprint density at radius 3 is 2.44 bits per heavy atom. The van der Waals surface area contributed by atoms with Gasteiger partial charge in [0.05, 0.1) is 0 Å². The van der Waals surface area contributed by atoms with E-state index in [1.54, 1.807) is 0 Å². The van der Waals surface area contributed by atoms with Gasteiger partial charge in [0.2, 0.25) is 0 Å². The van der Waals surface area contributed by atoms with Crippen molar-refractivity contribution in [1.29, 1.82) is 0 Å². The zero-order chi connectivity index (χ0) is 12.0. The summed E-state index contributed by atoms with van der Waals surface area (Å²) in [6.07, 6.45) is 5.41. The predicted molar refractivity (Wildman–Crippen MR) is 71.8 cm³/mol. The molecule has 1 aliphatic rings. The van der Waals surface area contributed by atoms with Gasteiger partial charge in [-0.05, 0) is 57.3 Å². The van der Waals surface area contributed by atoms with Crippen LogP contribution in [0.15, 0.2) is 0 Å². The molecule has 0 spiro atoms. The predicted octanol–water partition coefficient (Wildman–Crippen LogP) is 2.89. The highest BCUT2D eigenvalue weighted by atomic mass is 15.1. The van der Waals surface area contributed by atoms with E-state index in [2.05, 4.69) is 37.9 Å². The van der Waals surface area contributed by atoms with Crippen molar-refractivity contribution >= 4 is 0 Å². The van der Waals surface area contributed by atoms with E-state index in [-0.39, 0.29) is 0 Å². The van der Waals surface area contributed by atoms with Crippen molar-refractivity contribution < 1.29 is 0 Å². The fourth-order valence-corrected chi connectivity index (χ4v) is 2.76. The van der Waals surface area contributed by atoms with Crippen LogP contribution in [0.25, 0.3) is 0 Å². The third-order valence-corrected chi connectivity index (χ3v) is 3.95. The summed E-state index contributed by atoms with van der Waals surface area (Å²) in [5.74, 6) is 0. The lowest BCUT2D eigenvalue weighted by Crippen LogP contribution is -2.31. The molecule has 1 saturated carbocycles. The SMILES string of the molecule is CCN(CC)CCCNC1CCC(C)(C)C1. The van der Waals surface area contributed by atoms with E-state index < -0.39 is 0 Å². The average Bonchev–Trinajstić information content (AvgIpc) is 2.59. The third kappa shape index (κ3) is 4.84. The Balaban J connectivity index is 2.04. The van der Waals surface area contributed by atoms with Gasteiger partial charge in [-0.1, -0.05) is 27.7 Å². The van der Waals surface area contributed by atoms with Gasteiger partial charge in [-0.15, -0.1) is 0 Å². The second-order valence-electron chi connectivity index (χ2n) is 5.94. The monoisotopic (exact) mass is 226 g/mol. The van der Waals surface area contributed by atoms with Crippen LogP contribution in [0, 0.1) is 5.41 Å². The van der Waals surface area contributed by atoms with Gasteiger partial charge in [0.25, 0.3) is 0 Å². The van der Waals surface area contributed by atoms with Gasteiger partial charge in [0.1, 0.15) is 0 Å². The van der Waals surface area contributed by atoms with Crippen LogP contribution in [-0.2, 0) is 0 Å². The Kier molecular flexibility index (Phi) is 5.77. The maximum Gasteiger partial charge on any atom is 0.00723 e. The molecule has 1 N–H and O–H groups in total. The molecular formula is C14H30N2. The van der Waals surface area contributed by atoms with Crippen LogP contribution in [0.2, 0.25) is 0 Å². The zero-order valence-corrected chi connectivity index (χ0v) is 11.7. The summed E-state index contributed by atoms with van der Waals surface area (Å²) in [7, 11) is 0. The quantitative estimate of drug-likeness (QED) is 0.672. The zero-order valence-electron chi connectivity index (χ0n) is 11.7. The van der Waals surface area contributed by atoms with Gasteiger partial charge in [-0.25, -0.2) is 0 Å². The minimum absolute atomic E-state index is 0.580. The fraction of sp³-hybridized carbons (Fsp3) is 1.00. The highest BCUT2D eigenvalue weighted by molar-refractivity contribution is 4.86. The molecule has 0 amide bonds. The average molecular weight is 226 g/mol. The Bertz CT molecular complexity index is 185. The molecule has 0 aliphatic heterocycles. The van der Waals surface area contributed by atoms with Crippen molar-refractivity contribution in [3.63, 3.8) is 0 Å². The second kappa shape index (κ2) is 6.61. The molecule has 1 fully saturated rings. The van der Waals surface area contributed by atoms with Gasteiger partial charge in [0, 0.05) is 6.04 Å². The highest BCUT2D eigenvalue weighted by Crippen LogP contribution is 2.36. The van der Waals surface area contributed by atoms with Crippen LogP contribution in [0.4, 0.5) is 0 Å². The molecule has 0 heterocycles. The normalized spacial score (nSPS) is 24.2. The lowest BCUT2D eigenvalue weighted by molar-refractivity contribution is 0.294. The molecule has 0 aromatic rings. The number of nitrogens with zero attached hydrogens (tertiary/aromatic N) is 1. The van der Waals surface area contributed by atoms with Gasteiger partial charge in [-0.2, -0.15) is 0 Å². The Morgan fingerprint density at radius 2 is 1.94 bits per heavy atom. The third-order valence-electron chi connectivity index (χ3n) is 3.95. The topological polar surface area (TPSA) is 15.3 Å². The summed E-state index contributed by atoms with van der Waals surface area (Å²) in [5.41, 5.74) is 0.580. The molecule has 1 unspecified atom stereocenters. The van der Waals surface area contributed by atoms with E-state index in [9.17, 15) is 0 Å². The van der Waals surface area contributed by atoms with E-state index in [4.69, 9.17) is 0 Å². The highest BCUT2D eigenvalue weighted by Gasteiger charge is 2.30. The molecule has 1 aliphatic carbocycles. The van der Waals surface area contributed by atoms with Crippen molar-refractivity contribution in [2.75, 3.05) is 26.2 Å². The van der Waals surface area contributed by atoms with Crippen LogP contribution in [0.5, 0.6) is 0 Å². The first-order chi connectivity index (χ1) is 7.57. The molecule has 0 aromatic heterocycles. The van der Waals surface area contributed by atoms with Crippen LogP contribution in [0.1, 0.15) is 53.4 Å². The fourth-order valence-electron chi connectivity index (χ4n) is 2.76. The molecule has 2 nitrogen and oxygen atoms in total. The first-order valence-electron chi connectivity index (χ1n) is 7.03. The number of hydrogen-bond acceptors (Lipinski definition) is 2. The lowest BCUT2D eigenvalue weighted by atomic mass is 9.92. The van der Waals surface area contributed by atoms with E-state index in [0.29, 0.717) is 5.41 Å². The molecule has 96 valence electrons. The maximum absolute atomic E-state index is 3.71. The number of hydrogen-bond donors (Lipinski definition) is 1. The molecule has 16 heavy (non-hydrogen) atoms. The van der Waals surface area contributed by atoms with E-state index >= 15 is 0 Å². The first kappa shape index (κ1) is 14.0. The van der Waals surface area contributed by atoms with E-state index in [1.165, 1.54) is 51.9 Å². The molecule has 0 aromatic carbocycles. The largest absolute Gasteiger partial charge is 0.314 e. The summed E-state index contributed by atoms with van der Waals surface area (Å²) < 4.78 is 0. The lowest BCUT2D eigenvalue weighted by Gasteiger charge is -2.20. The molecule has 1 rings (SSSR count). The minimum atomic E-state index is 0.580. The molecule has 2 heteroatoms. The molecule has 1 atom stereocenters. The summed E-state index contributed by atoms with van der Waals surface area (Å²) in [6, 6.07) is 0.784. The Morgan fingerprint density at radius 1 is 1.25 bits per heavy atom. The molecule has 0 saturated heterocycles. The summed E-state index contributed by atoms with van der Waals surface area (Å²) in [4.78, 5) is 2.50. The second-order valence-corrected chi connectivity index (χ2v) is 5.94. The van der Waals surface area contributed by atoms with Crippen LogP contribution in [0.3, 0.4) is 0 Å². The van der Waals surface area contributed by atoms with Crippen molar-refractivity contribution in [3.05, 3.63) is 0 Å².